The van der Waals surface area contributed by atoms with E-state index in [1.54, 1.807) is 11.4 Å². The zero-order chi connectivity index (χ0) is 24.8. The number of thiazole rings is 1. The van der Waals surface area contributed by atoms with Crippen LogP contribution in [0.1, 0.15) is 32.2 Å². The van der Waals surface area contributed by atoms with Crippen LogP contribution in [0.5, 0.6) is 11.5 Å². The minimum Gasteiger partial charge on any atom is -0.493 e. The predicted octanol–water partition coefficient (Wildman–Crippen LogP) is 5.41. The summed E-state index contributed by atoms with van der Waals surface area (Å²) in [6.45, 7) is 1.97. The summed E-state index contributed by atoms with van der Waals surface area (Å²) in [5.41, 5.74) is 2.94. The van der Waals surface area contributed by atoms with Crippen molar-refractivity contribution in [1.29, 1.82) is 0 Å². The first-order valence-corrected chi connectivity index (χ1v) is 11.4. The Bertz CT molecular complexity index is 1320. The number of amides is 1. The SMILES string of the molecule is COc1cc(NC(=O)c2ccco2)c(C(=O)OCc2csc(Nc3ccc(C)cc3)n2)cc1OC. The van der Waals surface area contributed by atoms with Gasteiger partial charge in [-0.25, -0.2) is 9.78 Å². The van der Waals surface area contributed by atoms with Gasteiger partial charge in [-0.1, -0.05) is 17.7 Å². The summed E-state index contributed by atoms with van der Waals surface area (Å²) in [7, 11) is 2.91. The molecule has 2 aromatic heterocycles. The number of anilines is 3. The molecule has 35 heavy (non-hydrogen) atoms. The number of furan rings is 1. The quantitative estimate of drug-likeness (QED) is 0.298. The number of methoxy groups -OCH3 is 2. The van der Waals surface area contributed by atoms with E-state index in [2.05, 4.69) is 15.6 Å². The average molecular weight is 494 g/mol. The summed E-state index contributed by atoms with van der Waals surface area (Å²) in [5, 5.41) is 8.37. The lowest BCUT2D eigenvalue weighted by molar-refractivity contribution is 0.0469. The molecule has 4 rings (SSSR count). The summed E-state index contributed by atoms with van der Waals surface area (Å²) in [6, 6.07) is 14.0. The molecule has 0 saturated carbocycles. The fourth-order valence-electron chi connectivity index (χ4n) is 3.15. The number of aromatic nitrogens is 1. The molecule has 0 unspecified atom stereocenters. The molecule has 0 radical (unpaired) electrons. The first kappa shape index (κ1) is 23.8. The van der Waals surface area contributed by atoms with Gasteiger partial charge in [0.05, 0.1) is 37.4 Å². The molecule has 0 bridgehead atoms. The van der Waals surface area contributed by atoms with E-state index in [1.165, 1.54) is 50.0 Å². The molecule has 2 aromatic carbocycles. The van der Waals surface area contributed by atoms with E-state index < -0.39 is 11.9 Å². The summed E-state index contributed by atoms with van der Waals surface area (Å²) in [6.07, 6.45) is 1.38. The van der Waals surface area contributed by atoms with Gasteiger partial charge in [-0.15, -0.1) is 11.3 Å². The van der Waals surface area contributed by atoms with Gasteiger partial charge in [0.1, 0.15) is 6.61 Å². The monoisotopic (exact) mass is 493 g/mol. The van der Waals surface area contributed by atoms with Gasteiger partial charge in [0.15, 0.2) is 22.4 Å². The lowest BCUT2D eigenvalue weighted by Crippen LogP contribution is -2.16. The van der Waals surface area contributed by atoms with Crippen LogP contribution >= 0.6 is 11.3 Å². The maximum atomic E-state index is 13.0. The van der Waals surface area contributed by atoms with Crippen molar-refractivity contribution in [2.75, 3.05) is 24.9 Å². The fraction of sp³-hybridized carbons (Fsp3) is 0.160. The van der Waals surface area contributed by atoms with Gasteiger partial charge in [0.2, 0.25) is 0 Å². The molecule has 0 spiro atoms. The molecule has 0 aliphatic carbocycles. The van der Waals surface area contributed by atoms with Gasteiger partial charge in [-0.2, -0.15) is 0 Å². The number of ether oxygens (including phenoxy) is 3. The Kier molecular flexibility index (Phi) is 7.32. The topological polar surface area (TPSA) is 112 Å². The fourth-order valence-corrected chi connectivity index (χ4v) is 3.87. The Balaban J connectivity index is 1.48. The number of hydrogen-bond donors (Lipinski definition) is 2. The minimum absolute atomic E-state index is 0.0508. The second-order valence-electron chi connectivity index (χ2n) is 7.40. The van der Waals surface area contributed by atoms with Crippen LogP contribution in [-0.2, 0) is 11.3 Å². The molecule has 10 heteroatoms. The van der Waals surface area contributed by atoms with Gasteiger partial charge >= 0.3 is 5.97 Å². The number of rotatable bonds is 9. The third-order valence-electron chi connectivity index (χ3n) is 4.94. The Labute approximate surface area is 205 Å². The zero-order valence-corrected chi connectivity index (χ0v) is 20.1. The number of carbonyl (C=O) groups excluding carboxylic acids is 2. The van der Waals surface area contributed by atoms with Crippen molar-refractivity contribution in [1.82, 2.24) is 4.98 Å². The number of hydrogen-bond acceptors (Lipinski definition) is 9. The summed E-state index contributed by atoms with van der Waals surface area (Å²) in [5.74, 6) is -0.446. The highest BCUT2D eigenvalue weighted by Gasteiger charge is 2.21. The molecule has 0 aliphatic heterocycles. The molecule has 4 aromatic rings. The van der Waals surface area contributed by atoms with Crippen molar-refractivity contribution in [3.8, 4) is 11.5 Å². The average Bonchev–Trinajstić information content (AvgIpc) is 3.56. The summed E-state index contributed by atoms with van der Waals surface area (Å²) >= 11 is 1.40. The van der Waals surface area contributed by atoms with Crippen LogP contribution < -0.4 is 20.1 Å². The number of benzene rings is 2. The Hall–Kier alpha value is -4.31. The number of aryl methyl sites for hydroxylation is 1. The third kappa shape index (κ3) is 5.79. The molecule has 0 fully saturated rings. The van der Waals surface area contributed by atoms with E-state index >= 15 is 0 Å². The van der Waals surface area contributed by atoms with Crippen molar-refractivity contribution in [2.24, 2.45) is 0 Å². The normalized spacial score (nSPS) is 10.5. The molecule has 0 aliphatic rings. The van der Waals surface area contributed by atoms with Crippen LogP contribution in [0.3, 0.4) is 0 Å². The van der Waals surface area contributed by atoms with Gasteiger partial charge in [0, 0.05) is 23.2 Å². The largest absolute Gasteiger partial charge is 0.493 e. The molecule has 1 amide bonds. The summed E-state index contributed by atoms with van der Waals surface area (Å²) < 4.78 is 21.2. The number of nitrogens with one attached hydrogen (secondary N) is 2. The first-order valence-electron chi connectivity index (χ1n) is 10.5. The molecule has 2 N–H and O–H groups in total. The Morgan fingerprint density at radius 2 is 1.80 bits per heavy atom. The van der Waals surface area contributed by atoms with E-state index in [4.69, 9.17) is 18.6 Å². The van der Waals surface area contributed by atoms with E-state index in [0.717, 1.165) is 11.3 Å². The third-order valence-corrected chi connectivity index (χ3v) is 5.75. The second-order valence-corrected chi connectivity index (χ2v) is 8.25. The van der Waals surface area contributed by atoms with Crippen LogP contribution in [0, 0.1) is 6.92 Å². The van der Waals surface area contributed by atoms with Crippen molar-refractivity contribution in [2.45, 2.75) is 13.5 Å². The predicted molar refractivity (Wildman–Crippen MR) is 132 cm³/mol. The molecular weight excluding hydrogens is 470 g/mol. The standard InChI is InChI=1S/C25H23N3O6S/c1-15-6-8-16(9-7-15)26-25-27-17(14-35-25)13-34-24(30)18-11-21(31-2)22(32-3)12-19(18)28-23(29)20-5-4-10-33-20/h4-12,14H,13H2,1-3H3,(H,26,27)(H,28,29). The van der Waals surface area contributed by atoms with E-state index in [0.29, 0.717) is 22.3 Å². The molecule has 180 valence electrons. The number of esters is 1. The van der Waals surface area contributed by atoms with Crippen LogP contribution in [0.2, 0.25) is 0 Å². The Morgan fingerprint density at radius 3 is 2.49 bits per heavy atom. The summed E-state index contributed by atoms with van der Waals surface area (Å²) in [4.78, 5) is 29.9. The molecule has 9 nitrogen and oxygen atoms in total. The highest BCUT2D eigenvalue weighted by molar-refractivity contribution is 7.13. The Morgan fingerprint density at radius 1 is 1.06 bits per heavy atom. The smallest absolute Gasteiger partial charge is 0.340 e. The van der Waals surface area contributed by atoms with E-state index in [-0.39, 0.29) is 23.6 Å². The highest BCUT2D eigenvalue weighted by atomic mass is 32.1. The van der Waals surface area contributed by atoms with Gasteiger partial charge in [-0.3, -0.25) is 4.79 Å². The van der Waals surface area contributed by atoms with E-state index in [1.807, 2.05) is 31.2 Å². The van der Waals surface area contributed by atoms with Crippen molar-refractivity contribution in [3.05, 3.63) is 82.8 Å². The van der Waals surface area contributed by atoms with Gasteiger partial charge in [0.25, 0.3) is 5.91 Å². The highest BCUT2D eigenvalue weighted by Crippen LogP contribution is 2.34. The molecule has 0 atom stereocenters. The van der Waals surface area contributed by atoms with Crippen molar-refractivity contribution < 1.29 is 28.2 Å². The van der Waals surface area contributed by atoms with Crippen LogP contribution in [0.4, 0.5) is 16.5 Å². The van der Waals surface area contributed by atoms with Crippen LogP contribution in [-0.4, -0.2) is 31.1 Å². The van der Waals surface area contributed by atoms with Gasteiger partial charge < -0.3 is 29.3 Å². The van der Waals surface area contributed by atoms with Crippen LogP contribution in [0.25, 0.3) is 0 Å². The number of nitrogens with zero attached hydrogens (tertiary/aromatic N) is 1. The zero-order valence-electron chi connectivity index (χ0n) is 19.3. The van der Waals surface area contributed by atoms with Crippen molar-refractivity contribution in [3.63, 3.8) is 0 Å². The number of carbonyl (C=O) groups is 2. The molecular formula is C25H23N3O6S. The minimum atomic E-state index is -0.665. The van der Waals surface area contributed by atoms with Crippen LogP contribution in [0.15, 0.2) is 64.6 Å². The maximum absolute atomic E-state index is 13.0. The lowest BCUT2D eigenvalue weighted by Gasteiger charge is -2.14. The van der Waals surface area contributed by atoms with Gasteiger partial charge in [-0.05, 0) is 31.2 Å². The second kappa shape index (κ2) is 10.7. The maximum Gasteiger partial charge on any atom is 0.340 e. The van der Waals surface area contributed by atoms with Crippen molar-refractivity contribution >= 4 is 39.7 Å². The lowest BCUT2D eigenvalue weighted by atomic mass is 10.1. The molecule has 0 saturated heterocycles. The van der Waals surface area contributed by atoms with E-state index in [9.17, 15) is 9.59 Å². The molecule has 2 heterocycles. The first-order chi connectivity index (χ1) is 17.0.